The lowest BCUT2D eigenvalue weighted by atomic mass is 9.55. The molecule has 51 heavy (non-hydrogen) atoms. The summed E-state index contributed by atoms with van der Waals surface area (Å²) < 4.78 is 12.2. The number of carbonyl (C=O) groups excluding carboxylic acids is 2. The van der Waals surface area contributed by atoms with Crippen LogP contribution in [-0.4, -0.2) is 88.8 Å². The van der Waals surface area contributed by atoms with E-state index in [9.17, 15) is 19.8 Å². The van der Waals surface area contributed by atoms with E-state index in [1.54, 1.807) is 25.2 Å². The Morgan fingerprint density at radius 1 is 1.16 bits per heavy atom. The second-order valence-electron chi connectivity index (χ2n) is 16.2. The van der Waals surface area contributed by atoms with E-state index in [2.05, 4.69) is 34.3 Å². The average molecular weight is 721 g/mol. The SMILES string of the molecule is CC(=O)O[C@@H]1C(C)=C[C@@H]2[C@H](C(C)CN3CC4CC(C3)c3cnccc34)CC[C@@H](C)[C@]2(O)[C@H]1OC(=O)[C@@H]1C[C@@]2(O)c3cccc(Cl)c3N(C)O[C@H]2N1. The lowest BCUT2D eigenvalue weighted by molar-refractivity contribution is -0.225. The third-order valence-corrected chi connectivity index (χ3v) is 13.4. The summed E-state index contributed by atoms with van der Waals surface area (Å²) in [7, 11) is 1.70. The number of pyridine rings is 1. The maximum atomic E-state index is 14.2. The van der Waals surface area contributed by atoms with Crippen molar-refractivity contribution in [3.8, 4) is 0 Å². The third-order valence-electron chi connectivity index (χ3n) is 13.1. The van der Waals surface area contributed by atoms with Gasteiger partial charge in [-0.1, -0.05) is 43.7 Å². The average Bonchev–Trinajstić information content (AvgIpc) is 3.57. The van der Waals surface area contributed by atoms with E-state index in [0.29, 0.717) is 28.1 Å². The van der Waals surface area contributed by atoms with Gasteiger partial charge in [0.1, 0.15) is 17.2 Å². The first-order valence-electron chi connectivity index (χ1n) is 18.4. The summed E-state index contributed by atoms with van der Waals surface area (Å²) in [6, 6.07) is 6.47. The van der Waals surface area contributed by atoms with Crippen LogP contribution in [0.2, 0.25) is 5.02 Å². The van der Waals surface area contributed by atoms with Crippen molar-refractivity contribution < 1.29 is 34.1 Å². The number of esters is 2. The molecule has 0 spiro atoms. The minimum absolute atomic E-state index is 0.0354. The largest absolute Gasteiger partial charge is 0.454 e. The number of piperidine rings is 1. The number of benzene rings is 1. The Hall–Kier alpha value is -3.06. The summed E-state index contributed by atoms with van der Waals surface area (Å²) in [5, 5.41) is 29.9. The van der Waals surface area contributed by atoms with Crippen LogP contribution in [-0.2, 0) is 29.5 Å². The lowest BCUT2D eigenvalue weighted by Gasteiger charge is -2.56. The van der Waals surface area contributed by atoms with E-state index in [4.69, 9.17) is 25.9 Å². The van der Waals surface area contributed by atoms with Crippen molar-refractivity contribution in [2.75, 3.05) is 31.7 Å². The molecule has 2 saturated heterocycles. The fraction of sp³-hybridized carbons (Fsp3) is 0.615. The van der Waals surface area contributed by atoms with Gasteiger partial charge in [-0.3, -0.25) is 29.8 Å². The predicted octanol–water partition coefficient (Wildman–Crippen LogP) is 4.41. The number of hydrogen-bond donors (Lipinski definition) is 3. The van der Waals surface area contributed by atoms with E-state index in [0.717, 1.165) is 38.0 Å². The molecule has 3 unspecified atom stereocenters. The Kier molecular flexibility index (Phi) is 8.79. The fourth-order valence-electron chi connectivity index (χ4n) is 10.6. The van der Waals surface area contributed by atoms with E-state index >= 15 is 0 Å². The fourth-order valence-corrected chi connectivity index (χ4v) is 10.9. The van der Waals surface area contributed by atoms with Gasteiger partial charge in [-0.2, -0.15) is 0 Å². The second kappa shape index (κ2) is 12.8. The zero-order valence-corrected chi connectivity index (χ0v) is 30.7. The van der Waals surface area contributed by atoms with Gasteiger partial charge in [-0.15, -0.1) is 0 Å². The Morgan fingerprint density at radius 2 is 1.92 bits per heavy atom. The molecule has 2 bridgehead atoms. The minimum Gasteiger partial charge on any atom is -0.454 e. The van der Waals surface area contributed by atoms with Crippen molar-refractivity contribution in [2.24, 2.45) is 23.7 Å². The molecule has 3 aliphatic carbocycles. The number of halogens is 1. The van der Waals surface area contributed by atoms with Crippen molar-refractivity contribution >= 4 is 29.2 Å². The number of fused-ring (bicyclic) bond motifs is 9. The van der Waals surface area contributed by atoms with Crippen LogP contribution in [0.3, 0.4) is 0 Å². The number of carbonyl (C=O) groups is 2. The molecule has 3 fully saturated rings. The molecule has 12 heteroatoms. The van der Waals surface area contributed by atoms with Gasteiger partial charge in [0, 0.05) is 63.9 Å². The van der Waals surface area contributed by atoms with Gasteiger partial charge in [0.15, 0.2) is 18.4 Å². The molecular formula is C39H49ClN4O7. The summed E-state index contributed by atoms with van der Waals surface area (Å²) in [4.78, 5) is 39.6. The second-order valence-corrected chi connectivity index (χ2v) is 16.6. The highest BCUT2D eigenvalue weighted by atomic mass is 35.5. The summed E-state index contributed by atoms with van der Waals surface area (Å²) in [5.74, 6) is -0.372. The van der Waals surface area contributed by atoms with Crippen LogP contribution in [0.5, 0.6) is 0 Å². The first-order chi connectivity index (χ1) is 24.3. The molecular weight excluding hydrogens is 672 g/mol. The van der Waals surface area contributed by atoms with E-state index in [1.807, 2.05) is 26.2 Å². The van der Waals surface area contributed by atoms with Crippen LogP contribution < -0.4 is 10.4 Å². The van der Waals surface area contributed by atoms with Crippen LogP contribution in [0.25, 0.3) is 0 Å². The molecule has 1 aromatic carbocycles. The topological polar surface area (TPSA) is 134 Å². The number of hydroxylamine groups is 1. The minimum atomic E-state index is -1.56. The summed E-state index contributed by atoms with van der Waals surface area (Å²) in [5.41, 5.74) is 1.61. The van der Waals surface area contributed by atoms with E-state index in [1.165, 1.54) is 29.5 Å². The molecule has 3 aliphatic heterocycles. The zero-order chi connectivity index (χ0) is 36.0. The monoisotopic (exact) mass is 720 g/mol. The van der Waals surface area contributed by atoms with E-state index in [-0.39, 0.29) is 30.1 Å². The number of aromatic nitrogens is 1. The van der Waals surface area contributed by atoms with Gasteiger partial charge < -0.3 is 24.6 Å². The molecule has 3 N–H and O–H groups in total. The smallest absolute Gasteiger partial charge is 0.323 e. The lowest BCUT2D eigenvalue weighted by Crippen LogP contribution is -2.66. The highest BCUT2D eigenvalue weighted by Gasteiger charge is 2.62. The number of nitrogens with one attached hydrogen (secondary N) is 1. The Bertz CT molecular complexity index is 1730. The highest BCUT2D eigenvalue weighted by Crippen LogP contribution is 2.54. The number of anilines is 1. The van der Waals surface area contributed by atoms with Crippen LogP contribution >= 0.6 is 11.6 Å². The first-order valence-corrected chi connectivity index (χ1v) is 18.8. The Labute approximate surface area is 304 Å². The zero-order valence-electron chi connectivity index (χ0n) is 29.9. The van der Waals surface area contributed by atoms with E-state index < -0.39 is 47.6 Å². The Morgan fingerprint density at radius 3 is 2.69 bits per heavy atom. The molecule has 0 radical (unpaired) electrons. The normalized spacial score (nSPS) is 38.9. The molecule has 274 valence electrons. The first kappa shape index (κ1) is 35.0. The number of aliphatic hydroxyl groups is 2. The van der Waals surface area contributed by atoms with Crippen LogP contribution in [0.4, 0.5) is 5.69 Å². The van der Waals surface area contributed by atoms with Crippen LogP contribution in [0.1, 0.15) is 81.9 Å². The number of likely N-dealkylation sites (tertiary alicyclic amines) is 1. The van der Waals surface area contributed by atoms with Crippen molar-refractivity contribution in [3.63, 3.8) is 0 Å². The van der Waals surface area contributed by atoms with Gasteiger partial charge in [-0.05, 0) is 84.6 Å². The standard InChI is InChI=1S/C39H49ClN4O7/c1-20-13-30-26(21(2)17-44-18-24-14-25(19-44)28-16-41-12-11-27(24)28)10-9-22(3)39(30,48)35(34(20)49-23(4)45)50-36(46)32-15-38(47)29-7-6-8-31(40)33(29)43(5)51-37(38)42-32/h6-8,11-13,16,21-22,24-26,30,32,34-35,37,42,47-48H,9-10,14-15,17-19H2,1-5H3/t21?,22-,24?,25?,26+,30-,32+,34-,35+,37-,38-,39-/m1/s1. The number of rotatable bonds is 6. The summed E-state index contributed by atoms with van der Waals surface area (Å²) in [6.45, 7) is 10.4. The van der Waals surface area contributed by atoms with Gasteiger partial charge in [0.05, 0.1) is 10.7 Å². The Balaban J connectivity index is 1.05. The molecule has 4 heterocycles. The molecule has 8 rings (SSSR count). The number of hydrogen-bond acceptors (Lipinski definition) is 11. The van der Waals surface area contributed by atoms with Gasteiger partial charge >= 0.3 is 11.9 Å². The number of ether oxygens (including phenoxy) is 2. The molecule has 2 aromatic rings. The van der Waals surface area contributed by atoms with Crippen LogP contribution in [0.15, 0.2) is 48.3 Å². The molecule has 1 aromatic heterocycles. The summed E-state index contributed by atoms with van der Waals surface area (Å²) in [6.07, 6.45) is 5.78. The molecule has 11 nitrogen and oxygen atoms in total. The van der Waals surface area contributed by atoms with Crippen molar-refractivity contribution in [1.29, 1.82) is 0 Å². The quantitative estimate of drug-likeness (QED) is 0.290. The molecule has 12 atom stereocenters. The molecule has 1 saturated carbocycles. The highest BCUT2D eigenvalue weighted by molar-refractivity contribution is 6.33. The van der Waals surface area contributed by atoms with Gasteiger partial charge in [0.25, 0.3) is 0 Å². The van der Waals surface area contributed by atoms with Crippen molar-refractivity contribution in [1.82, 2.24) is 15.2 Å². The number of nitrogens with zero attached hydrogens (tertiary/aromatic N) is 3. The maximum Gasteiger partial charge on any atom is 0.323 e. The third kappa shape index (κ3) is 5.61. The maximum absolute atomic E-state index is 14.2. The molecule has 6 aliphatic rings. The molecule has 0 amide bonds. The summed E-state index contributed by atoms with van der Waals surface area (Å²) >= 11 is 6.48. The van der Waals surface area contributed by atoms with Gasteiger partial charge in [-0.25, -0.2) is 0 Å². The van der Waals surface area contributed by atoms with Crippen LogP contribution in [0, 0.1) is 23.7 Å². The van der Waals surface area contributed by atoms with Crippen molar-refractivity contribution in [2.45, 2.75) is 101 Å². The van der Waals surface area contributed by atoms with Crippen molar-refractivity contribution in [3.05, 3.63) is 70.0 Å². The predicted molar refractivity (Wildman–Crippen MR) is 190 cm³/mol. The number of para-hydroxylation sites is 1. The van der Waals surface area contributed by atoms with Gasteiger partial charge in [0.2, 0.25) is 0 Å².